The number of anilines is 1. The highest BCUT2D eigenvalue weighted by molar-refractivity contribution is 6.03. The molecule has 3 aromatic rings. The summed E-state index contributed by atoms with van der Waals surface area (Å²) in [6.07, 6.45) is 0. The van der Waals surface area contributed by atoms with Crippen molar-refractivity contribution < 1.29 is 9.21 Å². The Hall–Kier alpha value is -2.63. The summed E-state index contributed by atoms with van der Waals surface area (Å²) >= 11 is 0. The molecule has 2 aromatic heterocycles. The lowest BCUT2D eigenvalue weighted by molar-refractivity contribution is 0.102. The fourth-order valence-electron chi connectivity index (χ4n) is 1.99. The topological polar surface area (TPSA) is 73.0 Å². The number of rotatable bonds is 2. The molecule has 0 saturated heterocycles. The summed E-state index contributed by atoms with van der Waals surface area (Å²) in [7, 11) is 1.80. The minimum Gasteiger partial charge on any atom is -0.441 e. The summed E-state index contributed by atoms with van der Waals surface area (Å²) in [5.74, 6) is 0.358. The number of carbonyl (C=O) groups is 1. The number of oxazole rings is 1. The maximum atomic E-state index is 12.1. The van der Waals surface area contributed by atoms with E-state index in [1.165, 1.54) is 0 Å². The van der Waals surface area contributed by atoms with Crippen LogP contribution in [0.5, 0.6) is 0 Å². The summed E-state index contributed by atoms with van der Waals surface area (Å²) in [5.41, 5.74) is 3.41. The van der Waals surface area contributed by atoms with Gasteiger partial charge in [-0.05, 0) is 31.2 Å². The fraction of sp³-hybridized carbons (Fsp3) is 0.214. The predicted octanol–water partition coefficient (Wildman–Crippen LogP) is 2.43. The summed E-state index contributed by atoms with van der Waals surface area (Å²) in [4.78, 5) is 16.3. The second-order valence-electron chi connectivity index (χ2n) is 4.66. The lowest BCUT2D eigenvalue weighted by Gasteiger charge is -2.02. The summed E-state index contributed by atoms with van der Waals surface area (Å²) < 4.78 is 7.06. The Morgan fingerprint density at radius 3 is 2.80 bits per heavy atom. The van der Waals surface area contributed by atoms with Crippen LogP contribution in [0.1, 0.15) is 22.1 Å². The molecule has 0 atom stereocenters. The van der Waals surface area contributed by atoms with Gasteiger partial charge in [0.1, 0.15) is 5.52 Å². The third kappa shape index (κ3) is 2.16. The van der Waals surface area contributed by atoms with Crippen molar-refractivity contribution in [1.29, 1.82) is 0 Å². The first-order valence-corrected chi connectivity index (χ1v) is 6.22. The number of nitrogens with zero attached hydrogens (tertiary/aromatic N) is 3. The van der Waals surface area contributed by atoms with E-state index < -0.39 is 0 Å². The van der Waals surface area contributed by atoms with Gasteiger partial charge in [-0.3, -0.25) is 9.48 Å². The molecule has 0 spiro atoms. The van der Waals surface area contributed by atoms with Crippen LogP contribution in [-0.4, -0.2) is 20.7 Å². The van der Waals surface area contributed by atoms with Gasteiger partial charge in [-0.25, -0.2) is 4.98 Å². The zero-order valence-corrected chi connectivity index (χ0v) is 11.5. The third-order valence-corrected chi connectivity index (χ3v) is 3.10. The van der Waals surface area contributed by atoms with Crippen molar-refractivity contribution in [2.24, 2.45) is 7.05 Å². The molecule has 1 N–H and O–H groups in total. The van der Waals surface area contributed by atoms with Crippen LogP contribution in [-0.2, 0) is 7.05 Å². The molecule has 1 amide bonds. The molecule has 3 rings (SSSR count). The van der Waals surface area contributed by atoms with E-state index in [1.54, 1.807) is 42.9 Å². The van der Waals surface area contributed by atoms with Crippen molar-refractivity contribution in [3.8, 4) is 0 Å². The highest BCUT2D eigenvalue weighted by atomic mass is 16.3. The quantitative estimate of drug-likeness (QED) is 0.776. The standard InChI is InChI=1S/C14H14N4O2/c1-8-6-12(17-18(8)3)14(19)16-10-4-5-13-11(7-10)15-9(2)20-13/h4-7H,1-3H3,(H,16,19). The Morgan fingerprint density at radius 2 is 2.10 bits per heavy atom. The Balaban J connectivity index is 1.86. The van der Waals surface area contributed by atoms with Crippen LogP contribution >= 0.6 is 0 Å². The van der Waals surface area contributed by atoms with Crippen molar-refractivity contribution >= 4 is 22.7 Å². The molecule has 6 heteroatoms. The molecule has 1 aromatic carbocycles. The number of fused-ring (bicyclic) bond motifs is 1. The van der Waals surface area contributed by atoms with Gasteiger partial charge < -0.3 is 9.73 Å². The first-order valence-electron chi connectivity index (χ1n) is 6.22. The molecule has 0 aliphatic rings. The Morgan fingerprint density at radius 1 is 1.30 bits per heavy atom. The molecular formula is C14H14N4O2. The van der Waals surface area contributed by atoms with E-state index in [9.17, 15) is 4.79 Å². The van der Waals surface area contributed by atoms with Gasteiger partial charge in [-0.15, -0.1) is 0 Å². The van der Waals surface area contributed by atoms with E-state index in [2.05, 4.69) is 15.4 Å². The number of hydrogen-bond acceptors (Lipinski definition) is 4. The van der Waals surface area contributed by atoms with Crippen molar-refractivity contribution in [2.75, 3.05) is 5.32 Å². The number of benzene rings is 1. The Bertz CT molecular complexity index is 781. The summed E-state index contributed by atoms with van der Waals surface area (Å²) in [5, 5.41) is 6.95. The van der Waals surface area contributed by atoms with Crippen LogP contribution < -0.4 is 5.32 Å². The van der Waals surface area contributed by atoms with Crippen LogP contribution in [0.25, 0.3) is 11.1 Å². The molecule has 2 heterocycles. The van der Waals surface area contributed by atoms with Gasteiger partial charge in [0.2, 0.25) is 0 Å². The number of aryl methyl sites for hydroxylation is 3. The first kappa shape index (κ1) is 12.4. The average molecular weight is 270 g/mol. The second kappa shape index (κ2) is 4.48. The van der Waals surface area contributed by atoms with E-state index >= 15 is 0 Å². The minimum absolute atomic E-state index is 0.242. The van der Waals surface area contributed by atoms with Gasteiger partial charge >= 0.3 is 0 Å². The largest absolute Gasteiger partial charge is 0.441 e. The van der Waals surface area contributed by atoms with E-state index in [-0.39, 0.29) is 5.91 Å². The maximum absolute atomic E-state index is 12.1. The zero-order valence-electron chi connectivity index (χ0n) is 11.5. The van der Waals surface area contributed by atoms with Crippen LogP contribution in [0.3, 0.4) is 0 Å². The molecule has 102 valence electrons. The van der Waals surface area contributed by atoms with Crippen molar-refractivity contribution in [3.63, 3.8) is 0 Å². The SMILES string of the molecule is Cc1nc2cc(NC(=O)c3cc(C)n(C)n3)ccc2o1. The van der Waals surface area contributed by atoms with Crippen molar-refractivity contribution in [3.05, 3.63) is 41.5 Å². The van der Waals surface area contributed by atoms with Gasteiger partial charge in [0.15, 0.2) is 17.2 Å². The van der Waals surface area contributed by atoms with Gasteiger partial charge in [-0.2, -0.15) is 5.10 Å². The molecule has 0 aliphatic heterocycles. The molecule has 0 unspecified atom stereocenters. The predicted molar refractivity (Wildman–Crippen MR) is 74.6 cm³/mol. The number of hydrogen-bond donors (Lipinski definition) is 1. The van der Waals surface area contributed by atoms with Crippen LogP contribution in [0, 0.1) is 13.8 Å². The van der Waals surface area contributed by atoms with Gasteiger partial charge in [-0.1, -0.05) is 0 Å². The number of amides is 1. The molecule has 0 fully saturated rings. The zero-order chi connectivity index (χ0) is 14.3. The highest BCUT2D eigenvalue weighted by Gasteiger charge is 2.12. The number of carbonyl (C=O) groups excluding carboxylic acids is 1. The molecule has 0 aliphatic carbocycles. The average Bonchev–Trinajstić information content (AvgIpc) is 2.91. The molecule has 0 saturated carbocycles. The minimum atomic E-state index is -0.242. The van der Waals surface area contributed by atoms with Crippen LogP contribution in [0.4, 0.5) is 5.69 Å². The molecule has 20 heavy (non-hydrogen) atoms. The normalized spacial score (nSPS) is 10.9. The van der Waals surface area contributed by atoms with E-state index in [0.717, 1.165) is 11.2 Å². The third-order valence-electron chi connectivity index (χ3n) is 3.10. The van der Waals surface area contributed by atoms with E-state index in [0.29, 0.717) is 22.9 Å². The summed E-state index contributed by atoms with van der Waals surface area (Å²) in [6.45, 7) is 3.68. The lowest BCUT2D eigenvalue weighted by atomic mass is 10.2. The summed E-state index contributed by atoms with van der Waals surface area (Å²) in [6, 6.07) is 7.09. The highest BCUT2D eigenvalue weighted by Crippen LogP contribution is 2.20. The van der Waals surface area contributed by atoms with Crippen LogP contribution in [0.2, 0.25) is 0 Å². The van der Waals surface area contributed by atoms with E-state index in [4.69, 9.17) is 4.42 Å². The monoisotopic (exact) mass is 270 g/mol. The maximum Gasteiger partial charge on any atom is 0.276 e. The Kier molecular flexibility index (Phi) is 2.78. The van der Waals surface area contributed by atoms with Gasteiger partial charge in [0.05, 0.1) is 0 Å². The number of nitrogens with one attached hydrogen (secondary N) is 1. The second-order valence-corrected chi connectivity index (χ2v) is 4.66. The molecule has 0 bridgehead atoms. The molecule has 6 nitrogen and oxygen atoms in total. The van der Waals surface area contributed by atoms with Crippen molar-refractivity contribution in [1.82, 2.24) is 14.8 Å². The molecule has 0 radical (unpaired) electrons. The smallest absolute Gasteiger partial charge is 0.276 e. The first-order chi connectivity index (χ1) is 9.52. The van der Waals surface area contributed by atoms with Crippen LogP contribution in [0.15, 0.2) is 28.7 Å². The van der Waals surface area contributed by atoms with Gasteiger partial charge in [0.25, 0.3) is 5.91 Å². The fourth-order valence-corrected chi connectivity index (χ4v) is 1.99. The number of aromatic nitrogens is 3. The molecular weight excluding hydrogens is 256 g/mol. The van der Waals surface area contributed by atoms with Crippen molar-refractivity contribution in [2.45, 2.75) is 13.8 Å². The van der Waals surface area contributed by atoms with E-state index in [1.807, 2.05) is 6.92 Å². The van der Waals surface area contributed by atoms with Gasteiger partial charge in [0, 0.05) is 25.4 Å². The Labute approximate surface area is 115 Å². The lowest BCUT2D eigenvalue weighted by Crippen LogP contribution is -2.12.